The van der Waals surface area contributed by atoms with Gasteiger partial charge in [0.1, 0.15) is 11.5 Å². The van der Waals surface area contributed by atoms with Gasteiger partial charge < -0.3 is 20.4 Å². The lowest BCUT2D eigenvalue weighted by Crippen LogP contribution is -2.21. The van der Waals surface area contributed by atoms with Gasteiger partial charge >= 0.3 is 11.9 Å². The van der Waals surface area contributed by atoms with Crippen LogP contribution in [0, 0.1) is 0 Å². The molecule has 0 bridgehead atoms. The van der Waals surface area contributed by atoms with E-state index in [1.807, 2.05) is 72.8 Å². The smallest absolute Gasteiger partial charge is 0.328 e. The summed E-state index contributed by atoms with van der Waals surface area (Å²) in [5.74, 6) is -2.21. The second-order valence-electron chi connectivity index (χ2n) is 12.7. The molecule has 2 aliphatic carbocycles. The number of carboxylic acids is 2. The fraction of sp³-hybridized carbons (Fsp3) is 0.300. The van der Waals surface area contributed by atoms with Gasteiger partial charge in [0, 0.05) is 47.5 Å². The van der Waals surface area contributed by atoms with E-state index in [1.54, 1.807) is 0 Å². The predicted molar refractivity (Wildman–Crippen MR) is 187 cm³/mol. The normalized spacial score (nSPS) is 15.6. The molecule has 48 heavy (non-hydrogen) atoms. The fourth-order valence-corrected chi connectivity index (χ4v) is 6.99. The van der Waals surface area contributed by atoms with Crippen molar-refractivity contribution < 1.29 is 30.0 Å². The summed E-state index contributed by atoms with van der Waals surface area (Å²) in [6.07, 6.45) is 10.2. The van der Waals surface area contributed by atoms with Crippen LogP contribution in [0.15, 0.2) is 82.8 Å². The number of rotatable bonds is 11. The van der Waals surface area contributed by atoms with Gasteiger partial charge in [-0.15, -0.1) is 0 Å². The van der Waals surface area contributed by atoms with Crippen LogP contribution in [0.2, 0.25) is 0 Å². The number of phenolic OH excluding ortho intramolecular Hbond substituents is 2. The molecule has 4 aromatic carbocycles. The van der Waals surface area contributed by atoms with Crippen LogP contribution in [0.4, 0.5) is 0 Å². The summed E-state index contributed by atoms with van der Waals surface area (Å²) in [4.78, 5) is 33.2. The number of aliphatic imine (C=N–C) groups is 2. The van der Waals surface area contributed by atoms with Crippen LogP contribution in [0.1, 0.15) is 70.2 Å². The summed E-state index contributed by atoms with van der Waals surface area (Å²) in [7, 11) is 0. The highest BCUT2D eigenvalue weighted by Crippen LogP contribution is 2.48. The van der Waals surface area contributed by atoms with Crippen LogP contribution in [-0.4, -0.2) is 56.9 Å². The van der Waals surface area contributed by atoms with Gasteiger partial charge in [-0.05, 0) is 96.9 Å². The van der Waals surface area contributed by atoms with Gasteiger partial charge in [0.05, 0.1) is 0 Å². The standard InChI is InChI=1S/C40H40N2O6/c43-37-29(23-41-33(39(45)46)19-25-11-3-1-4-12-25)21-27-15-7-9-17-31(27)35(37)36-32-18-10-8-16-28(32)22-30(38(36)44)24-42-34(40(47)48)20-26-13-5-2-6-14-26/h1-6,11-14,21-24,33-34,43-44H,7-10,15-20H2,(H,45,46)(H,47,48)/t33-,34-/m0/s1. The molecule has 8 nitrogen and oxygen atoms in total. The van der Waals surface area contributed by atoms with Gasteiger partial charge in [-0.3, -0.25) is 9.98 Å². The molecule has 0 radical (unpaired) electrons. The third kappa shape index (κ3) is 7.18. The Morgan fingerprint density at radius 1 is 0.604 bits per heavy atom. The second-order valence-corrected chi connectivity index (χ2v) is 12.7. The van der Waals surface area contributed by atoms with Crippen LogP contribution in [-0.2, 0) is 48.1 Å². The Morgan fingerprint density at radius 2 is 0.979 bits per heavy atom. The molecular weight excluding hydrogens is 604 g/mol. The Kier molecular flexibility index (Phi) is 9.99. The van der Waals surface area contributed by atoms with E-state index in [2.05, 4.69) is 9.98 Å². The fourth-order valence-electron chi connectivity index (χ4n) is 6.99. The number of nitrogens with zero attached hydrogens (tertiary/aromatic N) is 2. The number of hydrogen-bond acceptors (Lipinski definition) is 6. The van der Waals surface area contributed by atoms with E-state index in [9.17, 15) is 30.0 Å². The highest BCUT2D eigenvalue weighted by atomic mass is 16.4. The molecule has 246 valence electrons. The minimum atomic E-state index is -1.06. The summed E-state index contributed by atoms with van der Waals surface area (Å²) in [6, 6.07) is 20.4. The highest BCUT2D eigenvalue weighted by Gasteiger charge is 2.29. The molecule has 4 N–H and O–H groups in total. The zero-order valence-electron chi connectivity index (χ0n) is 26.8. The van der Waals surface area contributed by atoms with Crippen LogP contribution in [0.3, 0.4) is 0 Å². The van der Waals surface area contributed by atoms with Gasteiger partial charge in [-0.2, -0.15) is 0 Å². The number of carbonyl (C=O) groups is 2. The van der Waals surface area contributed by atoms with Gasteiger partial charge in [-0.25, -0.2) is 9.59 Å². The SMILES string of the molecule is O=C(O)[C@H](Cc1ccccc1)N=Cc1cc2c(c(-c3c(O)c(C=N[C@@H](Cc4ccccc4)C(=O)O)cc4c3CCCC4)c1O)CCCC2. The first-order valence-electron chi connectivity index (χ1n) is 16.7. The van der Waals surface area contributed by atoms with E-state index in [0.717, 1.165) is 84.7 Å². The third-order valence-corrected chi connectivity index (χ3v) is 9.46. The largest absolute Gasteiger partial charge is 0.507 e. The van der Waals surface area contributed by atoms with Crippen molar-refractivity contribution in [2.24, 2.45) is 9.98 Å². The molecule has 8 heteroatoms. The second kappa shape index (κ2) is 14.7. The molecule has 0 aliphatic heterocycles. The van der Waals surface area contributed by atoms with E-state index in [1.165, 1.54) is 12.4 Å². The van der Waals surface area contributed by atoms with Crippen molar-refractivity contribution in [3.63, 3.8) is 0 Å². The van der Waals surface area contributed by atoms with E-state index >= 15 is 0 Å². The number of aliphatic carboxylic acids is 2. The first-order chi connectivity index (χ1) is 23.3. The minimum Gasteiger partial charge on any atom is -0.507 e. The van der Waals surface area contributed by atoms with E-state index < -0.39 is 24.0 Å². The van der Waals surface area contributed by atoms with Crippen molar-refractivity contribution in [1.82, 2.24) is 0 Å². The molecular formula is C40H40N2O6. The molecule has 0 unspecified atom stereocenters. The third-order valence-electron chi connectivity index (χ3n) is 9.46. The first kappa shape index (κ1) is 32.7. The summed E-state index contributed by atoms with van der Waals surface area (Å²) < 4.78 is 0. The summed E-state index contributed by atoms with van der Waals surface area (Å²) in [5, 5.41) is 43.8. The highest BCUT2D eigenvalue weighted by molar-refractivity contribution is 5.97. The maximum atomic E-state index is 12.2. The Hall–Kier alpha value is -5.24. The van der Waals surface area contributed by atoms with Crippen molar-refractivity contribution in [2.45, 2.75) is 76.3 Å². The molecule has 0 fully saturated rings. The number of carboxylic acid groups (broad SMARTS) is 2. The van der Waals surface area contributed by atoms with Crippen molar-refractivity contribution in [1.29, 1.82) is 0 Å². The number of aryl methyl sites for hydroxylation is 2. The van der Waals surface area contributed by atoms with Crippen molar-refractivity contribution in [3.05, 3.63) is 117 Å². The summed E-state index contributed by atoms with van der Waals surface area (Å²) in [6.45, 7) is 0. The van der Waals surface area contributed by atoms with Crippen molar-refractivity contribution in [2.75, 3.05) is 0 Å². The summed E-state index contributed by atoms with van der Waals surface area (Å²) >= 11 is 0. The molecule has 2 atom stereocenters. The van der Waals surface area contributed by atoms with Crippen LogP contribution in [0.5, 0.6) is 11.5 Å². The molecule has 4 aromatic rings. The Balaban J connectivity index is 1.45. The van der Waals surface area contributed by atoms with E-state index in [4.69, 9.17) is 0 Å². The predicted octanol–water partition coefficient (Wildman–Crippen LogP) is 6.75. The maximum absolute atomic E-state index is 12.2. The van der Waals surface area contributed by atoms with Crippen LogP contribution < -0.4 is 0 Å². The molecule has 0 aromatic heterocycles. The zero-order valence-corrected chi connectivity index (χ0v) is 26.8. The average Bonchev–Trinajstić information content (AvgIpc) is 3.10. The molecule has 0 saturated heterocycles. The number of fused-ring (bicyclic) bond motifs is 2. The molecule has 0 spiro atoms. The first-order valence-corrected chi connectivity index (χ1v) is 16.7. The van der Waals surface area contributed by atoms with Gasteiger partial charge in [0.2, 0.25) is 0 Å². The Morgan fingerprint density at radius 3 is 1.35 bits per heavy atom. The van der Waals surface area contributed by atoms with E-state index in [0.29, 0.717) is 22.3 Å². The van der Waals surface area contributed by atoms with Crippen molar-refractivity contribution >= 4 is 24.4 Å². The maximum Gasteiger partial charge on any atom is 0.328 e. The molecule has 0 saturated carbocycles. The molecule has 0 amide bonds. The molecule has 2 aliphatic rings. The van der Waals surface area contributed by atoms with Crippen LogP contribution in [0.25, 0.3) is 11.1 Å². The molecule has 0 heterocycles. The lowest BCUT2D eigenvalue weighted by molar-refractivity contribution is -0.139. The minimum absolute atomic E-state index is 0.0482. The quantitative estimate of drug-likeness (QED) is 0.133. The Labute approximate surface area is 280 Å². The van der Waals surface area contributed by atoms with Gasteiger partial charge in [0.25, 0.3) is 0 Å². The number of aromatic hydroxyl groups is 2. The zero-order chi connectivity index (χ0) is 33.6. The monoisotopic (exact) mass is 644 g/mol. The van der Waals surface area contributed by atoms with Gasteiger partial charge in [0.15, 0.2) is 12.1 Å². The molecule has 6 rings (SSSR count). The number of hydrogen-bond donors (Lipinski definition) is 4. The van der Waals surface area contributed by atoms with Crippen LogP contribution >= 0.6 is 0 Å². The average molecular weight is 645 g/mol. The van der Waals surface area contributed by atoms with Crippen molar-refractivity contribution in [3.8, 4) is 22.6 Å². The topological polar surface area (TPSA) is 140 Å². The van der Waals surface area contributed by atoms with E-state index in [-0.39, 0.29) is 24.3 Å². The number of phenols is 2. The van der Waals surface area contributed by atoms with Gasteiger partial charge in [-0.1, -0.05) is 60.7 Å². The lowest BCUT2D eigenvalue weighted by Gasteiger charge is -2.27. The summed E-state index contributed by atoms with van der Waals surface area (Å²) in [5.41, 5.74) is 7.64. The Bertz CT molecular complexity index is 1730. The number of benzene rings is 4. The lowest BCUT2D eigenvalue weighted by atomic mass is 9.78.